The molecular formula is C12H15ClINO. The molecule has 0 radical (unpaired) electrons. The van der Waals surface area contributed by atoms with E-state index in [0.717, 1.165) is 22.1 Å². The molecule has 0 fully saturated rings. The average Bonchev–Trinajstić information content (AvgIpc) is 2.23. The van der Waals surface area contributed by atoms with Crippen molar-refractivity contribution >= 4 is 45.8 Å². The van der Waals surface area contributed by atoms with E-state index in [9.17, 15) is 4.79 Å². The normalized spacial score (nSPS) is 10.2. The second-order valence-corrected chi connectivity index (χ2v) is 5.22. The van der Waals surface area contributed by atoms with Crippen molar-refractivity contribution in [3.8, 4) is 0 Å². The van der Waals surface area contributed by atoms with Crippen LogP contribution in [0.25, 0.3) is 0 Å². The Hall–Kier alpha value is -0.290. The molecule has 0 aromatic heterocycles. The summed E-state index contributed by atoms with van der Waals surface area (Å²) in [7, 11) is 0. The quantitative estimate of drug-likeness (QED) is 0.486. The Bertz CT molecular complexity index is 368. The number of amides is 1. The third-order valence-corrected chi connectivity index (χ3v) is 3.35. The molecule has 4 heteroatoms. The highest BCUT2D eigenvalue weighted by Crippen LogP contribution is 2.19. The molecule has 2 nitrogen and oxygen atoms in total. The number of halogens is 2. The predicted molar refractivity (Wildman–Crippen MR) is 77.1 cm³/mol. The van der Waals surface area contributed by atoms with Gasteiger partial charge in [0.1, 0.15) is 0 Å². The second-order valence-electron chi connectivity index (χ2n) is 3.68. The molecule has 0 atom stereocenters. The lowest BCUT2D eigenvalue weighted by Gasteiger charge is -2.07. The fourth-order valence-corrected chi connectivity index (χ4v) is 2.31. The zero-order valence-electron chi connectivity index (χ0n) is 9.22. The van der Waals surface area contributed by atoms with Gasteiger partial charge in [0.25, 0.3) is 0 Å². The van der Waals surface area contributed by atoms with Crippen LogP contribution in [0, 0.1) is 10.5 Å². The van der Waals surface area contributed by atoms with Crippen molar-refractivity contribution in [3.63, 3.8) is 0 Å². The fourth-order valence-electron chi connectivity index (χ4n) is 1.31. The summed E-state index contributed by atoms with van der Waals surface area (Å²) >= 11 is 7.78. The van der Waals surface area contributed by atoms with Gasteiger partial charge in [-0.05, 0) is 60.1 Å². The molecule has 0 spiro atoms. The van der Waals surface area contributed by atoms with Gasteiger partial charge >= 0.3 is 0 Å². The van der Waals surface area contributed by atoms with E-state index in [1.807, 2.05) is 19.1 Å². The molecule has 1 amide bonds. The number of alkyl halides is 1. The number of anilines is 1. The summed E-state index contributed by atoms with van der Waals surface area (Å²) in [5.74, 6) is 0.682. The van der Waals surface area contributed by atoms with Gasteiger partial charge in [0.2, 0.25) is 5.91 Å². The Labute approximate surface area is 115 Å². The van der Waals surface area contributed by atoms with Crippen LogP contribution in [-0.2, 0) is 4.79 Å². The summed E-state index contributed by atoms with van der Waals surface area (Å²) in [5.41, 5.74) is 2.09. The van der Waals surface area contributed by atoms with Crippen molar-refractivity contribution in [2.24, 2.45) is 0 Å². The van der Waals surface area contributed by atoms with E-state index in [4.69, 9.17) is 11.6 Å². The van der Waals surface area contributed by atoms with Crippen molar-refractivity contribution < 1.29 is 4.79 Å². The molecular weight excluding hydrogens is 336 g/mol. The predicted octanol–water partition coefficient (Wildman–Crippen LogP) is 3.95. The van der Waals surface area contributed by atoms with Crippen LogP contribution in [0.4, 0.5) is 5.69 Å². The summed E-state index contributed by atoms with van der Waals surface area (Å²) < 4.78 is 1.07. The van der Waals surface area contributed by atoms with E-state index in [1.54, 1.807) is 0 Å². The Balaban J connectivity index is 2.49. The van der Waals surface area contributed by atoms with Crippen LogP contribution < -0.4 is 5.32 Å². The minimum atomic E-state index is 0.0619. The molecule has 0 heterocycles. The summed E-state index contributed by atoms with van der Waals surface area (Å²) in [6.07, 6.45) is 2.27. The van der Waals surface area contributed by atoms with Gasteiger partial charge in [-0.1, -0.05) is 6.07 Å². The van der Waals surface area contributed by atoms with Crippen molar-refractivity contribution in [2.45, 2.75) is 26.2 Å². The standard InChI is InChI=1S/C12H15ClINO/c1-9-5-6-11(10(14)8-9)15-12(16)4-2-3-7-13/h5-6,8H,2-4,7H2,1H3,(H,15,16). The van der Waals surface area contributed by atoms with Crippen molar-refractivity contribution in [1.82, 2.24) is 0 Å². The molecule has 1 aromatic carbocycles. The number of carbonyl (C=O) groups excluding carboxylic acids is 1. The fraction of sp³-hybridized carbons (Fsp3) is 0.417. The summed E-state index contributed by atoms with van der Waals surface area (Å²) in [4.78, 5) is 11.6. The maximum Gasteiger partial charge on any atom is 0.224 e. The number of unbranched alkanes of at least 4 members (excludes halogenated alkanes) is 1. The Morgan fingerprint density at radius 2 is 2.19 bits per heavy atom. The summed E-state index contributed by atoms with van der Waals surface area (Å²) in [5, 5.41) is 2.91. The molecule has 0 aliphatic rings. The van der Waals surface area contributed by atoms with E-state index in [1.165, 1.54) is 5.56 Å². The maximum atomic E-state index is 11.6. The maximum absolute atomic E-state index is 11.6. The minimum Gasteiger partial charge on any atom is -0.325 e. The van der Waals surface area contributed by atoms with E-state index >= 15 is 0 Å². The van der Waals surface area contributed by atoms with Gasteiger partial charge in [0, 0.05) is 15.9 Å². The largest absolute Gasteiger partial charge is 0.325 e. The van der Waals surface area contributed by atoms with Crippen LogP contribution >= 0.6 is 34.2 Å². The molecule has 1 N–H and O–H groups in total. The molecule has 16 heavy (non-hydrogen) atoms. The third kappa shape index (κ3) is 4.70. The number of hydrogen-bond donors (Lipinski definition) is 1. The van der Waals surface area contributed by atoms with Crippen LogP contribution in [0.2, 0.25) is 0 Å². The van der Waals surface area contributed by atoms with Crippen molar-refractivity contribution in [2.75, 3.05) is 11.2 Å². The highest BCUT2D eigenvalue weighted by Gasteiger charge is 2.05. The number of rotatable bonds is 5. The first-order valence-corrected chi connectivity index (χ1v) is 6.87. The van der Waals surface area contributed by atoms with Crippen LogP contribution in [0.3, 0.4) is 0 Å². The van der Waals surface area contributed by atoms with Gasteiger partial charge in [-0.25, -0.2) is 0 Å². The molecule has 0 saturated heterocycles. The lowest BCUT2D eigenvalue weighted by atomic mass is 10.2. The van der Waals surface area contributed by atoms with Crippen LogP contribution in [0.15, 0.2) is 18.2 Å². The molecule has 1 aromatic rings. The minimum absolute atomic E-state index is 0.0619. The lowest BCUT2D eigenvalue weighted by Crippen LogP contribution is -2.12. The van der Waals surface area contributed by atoms with Crippen LogP contribution in [0.5, 0.6) is 0 Å². The number of aryl methyl sites for hydroxylation is 1. The third-order valence-electron chi connectivity index (χ3n) is 2.19. The van der Waals surface area contributed by atoms with Gasteiger partial charge in [0.15, 0.2) is 0 Å². The van der Waals surface area contributed by atoms with E-state index < -0.39 is 0 Å². The summed E-state index contributed by atoms with van der Waals surface area (Å²) in [6.45, 7) is 2.04. The van der Waals surface area contributed by atoms with Crippen molar-refractivity contribution in [1.29, 1.82) is 0 Å². The van der Waals surface area contributed by atoms with Gasteiger partial charge in [-0.2, -0.15) is 0 Å². The summed E-state index contributed by atoms with van der Waals surface area (Å²) in [6, 6.07) is 5.99. The smallest absolute Gasteiger partial charge is 0.224 e. The lowest BCUT2D eigenvalue weighted by molar-refractivity contribution is -0.116. The molecule has 0 aliphatic heterocycles. The van der Waals surface area contributed by atoms with Gasteiger partial charge in [0.05, 0.1) is 5.69 Å². The van der Waals surface area contributed by atoms with Crippen molar-refractivity contribution in [3.05, 3.63) is 27.3 Å². The zero-order chi connectivity index (χ0) is 12.0. The molecule has 88 valence electrons. The number of carbonyl (C=O) groups is 1. The zero-order valence-corrected chi connectivity index (χ0v) is 12.1. The van der Waals surface area contributed by atoms with Gasteiger partial charge in [-0.15, -0.1) is 11.6 Å². The molecule has 0 unspecified atom stereocenters. The van der Waals surface area contributed by atoms with Gasteiger partial charge in [-0.3, -0.25) is 4.79 Å². The van der Waals surface area contributed by atoms with Gasteiger partial charge < -0.3 is 5.32 Å². The number of benzene rings is 1. The highest BCUT2D eigenvalue weighted by molar-refractivity contribution is 14.1. The Kier molecular flexibility index (Phi) is 6.13. The molecule has 0 bridgehead atoms. The first-order valence-electron chi connectivity index (χ1n) is 5.25. The number of nitrogens with one attached hydrogen (secondary N) is 1. The molecule has 0 aliphatic carbocycles. The van der Waals surface area contributed by atoms with E-state index in [0.29, 0.717) is 12.3 Å². The molecule has 1 rings (SSSR count). The highest BCUT2D eigenvalue weighted by atomic mass is 127. The molecule has 0 saturated carbocycles. The SMILES string of the molecule is Cc1ccc(NC(=O)CCCCCl)c(I)c1. The second kappa shape index (κ2) is 7.12. The Morgan fingerprint density at radius 3 is 2.81 bits per heavy atom. The van der Waals surface area contributed by atoms with E-state index in [-0.39, 0.29) is 5.91 Å². The first-order chi connectivity index (χ1) is 7.63. The van der Waals surface area contributed by atoms with E-state index in [2.05, 4.69) is 34.0 Å². The number of hydrogen-bond acceptors (Lipinski definition) is 1. The first kappa shape index (κ1) is 13.8. The van der Waals surface area contributed by atoms with Crippen LogP contribution in [0.1, 0.15) is 24.8 Å². The Morgan fingerprint density at radius 1 is 1.44 bits per heavy atom. The van der Waals surface area contributed by atoms with Crippen LogP contribution in [-0.4, -0.2) is 11.8 Å². The monoisotopic (exact) mass is 351 g/mol. The topological polar surface area (TPSA) is 29.1 Å². The average molecular weight is 352 g/mol.